The van der Waals surface area contributed by atoms with Gasteiger partial charge in [0.2, 0.25) is 0 Å². The van der Waals surface area contributed by atoms with Crippen LogP contribution in [-0.4, -0.2) is 27.0 Å². The van der Waals surface area contributed by atoms with Gasteiger partial charge < -0.3 is 5.32 Å². The third-order valence-corrected chi connectivity index (χ3v) is 4.05. The second-order valence-electron chi connectivity index (χ2n) is 5.05. The molecule has 0 saturated heterocycles. The molecule has 0 aromatic heterocycles. The minimum absolute atomic E-state index is 0.0375. The second kappa shape index (κ2) is 7.13. The van der Waals surface area contributed by atoms with Gasteiger partial charge in [0, 0.05) is 23.9 Å². The van der Waals surface area contributed by atoms with Gasteiger partial charge in [0.1, 0.15) is 21.5 Å². The van der Waals surface area contributed by atoms with Gasteiger partial charge in [-0.3, -0.25) is 0 Å². The standard InChI is InChI=1S/C14H21F2NO2S/c1-4-6-17-14(5-7-20(3,18)19)11-8-10(2)12(15)9-13(11)16/h8-9,14,17H,4-7H2,1-3H3. The first-order chi connectivity index (χ1) is 9.24. The molecule has 0 amide bonds. The first-order valence-corrected chi connectivity index (χ1v) is 8.67. The molecule has 20 heavy (non-hydrogen) atoms. The Morgan fingerprint density at radius 2 is 1.90 bits per heavy atom. The first-order valence-electron chi connectivity index (χ1n) is 6.61. The van der Waals surface area contributed by atoms with E-state index in [2.05, 4.69) is 5.32 Å². The number of rotatable bonds is 7. The van der Waals surface area contributed by atoms with Gasteiger partial charge in [0.25, 0.3) is 0 Å². The Morgan fingerprint density at radius 3 is 2.45 bits per heavy atom. The summed E-state index contributed by atoms with van der Waals surface area (Å²) in [7, 11) is -3.12. The van der Waals surface area contributed by atoms with E-state index in [0.717, 1.165) is 18.7 Å². The number of halogens is 2. The smallest absolute Gasteiger partial charge is 0.147 e. The maximum atomic E-state index is 13.9. The topological polar surface area (TPSA) is 46.2 Å². The van der Waals surface area contributed by atoms with Gasteiger partial charge in [-0.25, -0.2) is 17.2 Å². The molecule has 0 spiro atoms. The van der Waals surface area contributed by atoms with Crippen molar-refractivity contribution in [3.63, 3.8) is 0 Å². The summed E-state index contributed by atoms with van der Waals surface area (Å²) < 4.78 is 49.7. The third-order valence-electron chi connectivity index (χ3n) is 3.07. The number of hydrogen-bond donors (Lipinski definition) is 1. The molecule has 0 heterocycles. The summed E-state index contributed by atoms with van der Waals surface area (Å²) in [5.41, 5.74) is 0.671. The Hall–Kier alpha value is -1.01. The lowest BCUT2D eigenvalue weighted by Crippen LogP contribution is -2.25. The maximum Gasteiger partial charge on any atom is 0.147 e. The monoisotopic (exact) mass is 305 g/mol. The molecule has 114 valence electrons. The van der Waals surface area contributed by atoms with Crippen molar-refractivity contribution in [3.05, 3.63) is 34.9 Å². The van der Waals surface area contributed by atoms with Crippen LogP contribution in [0.25, 0.3) is 0 Å². The molecule has 1 atom stereocenters. The fourth-order valence-corrected chi connectivity index (χ4v) is 2.63. The van der Waals surface area contributed by atoms with Crippen LogP contribution in [0.4, 0.5) is 8.78 Å². The molecule has 1 aromatic rings. The van der Waals surface area contributed by atoms with Crippen molar-refractivity contribution >= 4 is 9.84 Å². The van der Waals surface area contributed by atoms with Crippen molar-refractivity contribution in [1.29, 1.82) is 0 Å². The van der Waals surface area contributed by atoms with E-state index in [-0.39, 0.29) is 12.2 Å². The second-order valence-corrected chi connectivity index (χ2v) is 7.31. The summed E-state index contributed by atoms with van der Waals surface area (Å²) in [6, 6.07) is 1.87. The number of sulfone groups is 1. The van der Waals surface area contributed by atoms with E-state index >= 15 is 0 Å². The highest BCUT2D eigenvalue weighted by atomic mass is 32.2. The maximum absolute atomic E-state index is 13.9. The van der Waals surface area contributed by atoms with Gasteiger partial charge in [-0.1, -0.05) is 6.92 Å². The predicted molar refractivity (Wildman–Crippen MR) is 76.5 cm³/mol. The average molecular weight is 305 g/mol. The molecule has 1 unspecified atom stereocenters. The van der Waals surface area contributed by atoms with Crippen molar-refractivity contribution in [3.8, 4) is 0 Å². The van der Waals surface area contributed by atoms with E-state index in [9.17, 15) is 17.2 Å². The van der Waals surface area contributed by atoms with E-state index in [0.29, 0.717) is 17.7 Å². The van der Waals surface area contributed by atoms with Crippen LogP contribution in [0.5, 0.6) is 0 Å². The molecule has 0 aliphatic carbocycles. The summed E-state index contributed by atoms with van der Waals surface area (Å²) >= 11 is 0. The molecule has 3 nitrogen and oxygen atoms in total. The van der Waals surface area contributed by atoms with E-state index < -0.39 is 27.5 Å². The van der Waals surface area contributed by atoms with Crippen LogP contribution in [0.1, 0.15) is 36.9 Å². The van der Waals surface area contributed by atoms with Crippen molar-refractivity contribution in [2.75, 3.05) is 18.6 Å². The molecule has 0 fully saturated rings. The molecule has 1 N–H and O–H groups in total. The van der Waals surface area contributed by atoms with Crippen molar-refractivity contribution in [2.45, 2.75) is 32.7 Å². The molecule has 0 radical (unpaired) electrons. The zero-order valence-electron chi connectivity index (χ0n) is 12.0. The largest absolute Gasteiger partial charge is 0.310 e. The minimum atomic E-state index is -3.12. The molecule has 6 heteroatoms. The summed E-state index contributed by atoms with van der Waals surface area (Å²) in [6.45, 7) is 4.17. The molecule has 0 bridgehead atoms. The lowest BCUT2D eigenvalue weighted by Gasteiger charge is -2.20. The van der Waals surface area contributed by atoms with E-state index in [1.807, 2.05) is 6.92 Å². The third kappa shape index (κ3) is 5.17. The van der Waals surface area contributed by atoms with Gasteiger partial charge in [-0.2, -0.15) is 0 Å². The Bertz CT molecular complexity index is 559. The van der Waals surface area contributed by atoms with Gasteiger partial charge in [-0.05, 0) is 37.9 Å². The minimum Gasteiger partial charge on any atom is -0.310 e. The lowest BCUT2D eigenvalue weighted by molar-refractivity contribution is 0.480. The van der Waals surface area contributed by atoms with Crippen LogP contribution in [-0.2, 0) is 9.84 Å². The lowest BCUT2D eigenvalue weighted by atomic mass is 10.0. The van der Waals surface area contributed by atoms with E-state index in [4.69, 9.17) is 0 Å². The Labute approximate surface area is 119 Å². The zero-order valence-corrected chi connectivity index (χ0v) is 12.9. The van der Waals surface area contributed by atoms with Crippen LogP contribution in [0.15, 0.2) is 12.1 Å². The molecule has 1 aromatic carbocycles. The average Bonchev–Trinajstić information content (AvgIpc) is 2.33. The van der Waals surface area contributed by atoms with Crippen LogP contribution < -0.4 is 5.32 Å². The molecular weight excluding hydrogens is 284 g/mol. The number of hydrogen-bond acceptors (Lipinski definition) is 3. The number of nitrogens with one attached hydrogen (secondary N) is 1. The summed E-state index contributed by atoms with van der Waals surface area (Å²) in [6.07, 6.45) is 2.26. The molecule has 0 saturated carbocycles. The SMILES string of the molecule is CCCNC(CCS(C)(=O)=O)c1cc(C)c(F)cc1F. The molecule has 0 aliphatic rings. The molecule has 0 aliphatic heterocycles. The Kier molecular flexibility index (Phi) is 6.07. The first kappa shape index (κ1) is 17.0. The zero-order chi connectivity index (χ0) is 15.3. The normalized spacial score (nSPS) is 13.4. The molecular formula is C14H21F2NO2S. The highest BCUT2D eigenvalue weighted by molar-refractivity contribution is 7.90. The van der Waals surface area contributed by atoms with Gasteiger partial charge in [0.05, 0.1) is 5.75 Å². The molecule has 1 rings (SSSR count). The highest BCUT2D eigenvalue weighted by Crippen LogP contribution is 2.24. The number of benzene rings is 1. The highest BCUT2D eigenvalue weighted by Gasteiger charge is 2.19. The van der Waals surface area contributed by atoms with Crippen LogP contribution in [0.3, 0.4) is 0 Å². The van der Waals surface area contributed by atoms with Gasteiger partial charge >= 0.3 is 0 Å². The van der Waals surface area contributed by atoms with Crippen LogP contribution in [0, 0.1) is 18.6 Å². The van der Waals surface area contributed by atoms with Crippen molar-refractivity contribution in [2.24, 2.45) is 0 Å². The van der Waals surface area contributed by atoms with E-state index in [1.165, 1.54) is 6.07 Å². The van der Waals surface area contributed by atoms with Gasteiger partial charge in [0.15, 0.2) is 0 Å². The summed E-state index contributed by atoms with van der Waals surface area (Å²) in [5.74, 6) is -1.27. The van der Waals surface area contributed by atoms with Crippen molar-refractivity contribution < 1.29 is 17.2 Å². The van der Waals surface area contributed by atoms with Crippen molar-refractivity contribution in [1.82, 2.24) is 5.32 Å². The Balaban J connectivity index is 3.00. The quantitative estimate of drug-likeness (QED) is 0.842. The van der Waals surface area contributed by atoms with E-state index in [1.54, 1.807) is 6.92 Å². The summed E-state index contributed by atoms with van der Waals surface area (Å²) in [4.78, 5) is 0. The summed E-state index contributed by atoms with van der Waals surface area (Å²) in [5, 5.41) is 3.12. The predicted octanol–water partition coefficient (Wildman–Crippen LogP) is 2.75. The van der Waals surface area contributed by atoms with Crippen LogP contribution >= 0.6 is 0 Å². The van der Waals surface area contributed by atoms with Crippen LogP contribution in [0.2, 0.25) is 0 Å². The van der Waals surface area contributed by atoms with Gasteiger partial charge in [-0.15, -0.1) is 0 Å². The Morgan fingerprint density at radius 1 is 1.25 bits per heavy atom. The fraction of sp³-hybridized carbons (Fsp3) is 0.571. The number of aryl methyl sites for hydroxylation is 1. The fourth-order valence-electron chi connectivity index (χ4n) is 1.96.